The predicted octanol–water partition coefficient (Wildman–Crippen LogP) is 1.52. The fraction of sp³-hybridized carbons (Fsp3) is 0.889. The van der Waals surface area contributed by atoms with Gasteiger partial charge in [0, 0.05) is 31.8 Å². The van der Waals surface area contributed by atoms with Crippen LogP contribution in [-0.2, 0) is 9.53 Å². The molecule has 1 aliphatic heterocycles. The number of carbonyl (C=O) groups is 2. The quantitative estimate of drug-likeness (QED) is 0.691. The maximum atomic E-state index is 12.5. The lowest BCUT2D eigenvalue weighted by molar-refractivity contribution is -0.139. The van der Waals surface area contributed by atoms with E-state index >= 15 is 0 Å². The van der Waals surface area contributed by atoms with Gasteiger partial charge in [0.1, 0.15) is 0 Å². The van der Waals surface area contributed by atoms with E-state index in [1.807, 2.05) is 16.7 Å². The fourth-order valence-electron chi connectivity index (χ4n) is 3.76. The van der Waals surface area contributed by atoms with Crippen LogP contribution in [0.4, 0.5) is 4.79 Å². The average Bonchev–Trinajstić information content (AvgIpc) is 3.38. The van der Waals surface area contributed by atoms with Crippen LogP contribution < -0.4 is 5.32 Å². The number of piperidine rings is 1. The molecule has 0 bridgehead atoms. The Kier molecular flexibility index (Phi) is 6.17. The average molecular weight is 353 g/mol. The van der Waals surface area contributed by atoms with Crippen LogP contribution in [-0.4, -0.2) is 77.9 Å². The van der Waals surface area contributed by atoms with Gasteiger partial charge in [-0.25, -0.2) is 4.79 Å². The van der Waals surface area contributed by atoms with Crippen molar-refractivity contribution in [3.05, 3.63) is 0 Å². The highest BCUT2D eigenvalue weighted by Gasteiger charge is 2.36. The van der Waals surface area contributed by atoms with Crippen molar-refractivity contribution >= 4 is 12.0 Å². The van der Waals surface area contributed by atoms with E-state index in [2.05, 4.69) is 5.32 Å². The number of hydrogen-bond acceptors (Lipinski definition) is 4. The predicted molar refractivity (Wildman–Crippen MR) is 93.5 cm³/mol. The summed E-state index contributed by atoms with van der Waals surface area (Å²) >= 11 is 0. The van der Waals surface area contributed by atoms with Crippen LogP contribution in [0.3, 0.4) is 0 Å². The smallest absolute Gasteiger partial charge is 0.317 e. The first kappa shape index (κ1) is 18.5. The van der Waals surface area contributed by atoms with Crippen LogP contribution >= 0.6 is 0 Å². The highest BCUT2D eigenvalue weighted by Crippen LogP contribution is 2.30. The first-order valence-electron chi connectivity index (χ1n) is 9.68. The first-order chi connectivity index (χ1) is 12.0. The Balaban J connectivity index is 1.36. The van der Waals surface area contributed by atoms with Crippen molar-refractivity contribution in [2.75, 3.05) is 32.8 Å². The second kappa shape index (κ2) is 8.36. The van der Waals surface area contributed by atoms with Gasteiger partial charge < -0.3 is 20.1 Å². The number of aliphatic carboxylic acids is 1. The molecule has 3 aliphatic rings. The number of likely N-dealkylation sites (tertiary alicyclic amines) is 1. The van der Waals surface area contributed by atoms with Crippen LogP contribution in [0.5, 0.6) is 0 Å². The third kappa shape index (κ3) is 5.31. The molecule has 142 valence electrons. The maximum Gasteiger partial charge on any atom is 0.317 e. The Morgan fingerprint density at radius 1 is 1.28 bits per heavy atom. The topological polar surface area (TPSA) is 82.1 Å². The summed E-state index contributed by atoms with van der Waals surface area (Å²) in [6.07, 6.45) is 6.47. The van der Waals surface area contributed by atoms with Gasteiger partial charge in [0.15, 0.2) is 0 Å². The zero-order valence-electron chi connectivity index (χ0n) is 15.2. The van der Waals surface area contributed by atoms with E-state index in [9.17, 15) is 9.59 Å². The molecule has 1 saturated heterocycles. The minimum absolute atomic E-state index is 0.00412. The highest BCUT2D eigenvalue weighted by molar-refractivity contribution is 5.75. The number of ether oxygens (including phenoxy) is 1. The molecular formula is C18H31N3O4. The molecule has 2 amide bonds. The maximum absolute atomic E-state index is 12.5. The lowest BCUT2D eigenvalue weighted by atomic mass is 9.85. The van der Waals surface area contributed by atoms with E-state index < -0.39 is 5.97 Å². The van der Waals surface area contributed by atoms with E-state index in [0.717, 1.165) is 51.3 Å². The number of amides is 2. The number of nitrogens with one attached hydrogen (secondary N) is 1. The standard InChI is InChI=1S/C18H31N3O4/c1-2-20(11-17(22)23)15-8-14(9-15)19-18(24)21-7-3-4-16(10-21)25-12-13-5-6-13/h13-16H,2-12H2,1H3,(H,19,24)(H,22,23). The Morgan fingerprint density at radius 2 is 2.04 bits per heavy atom. The molecule has 1 unspecified atom stereocenters. The number of nitrogens with zero attached hydrogens (tertiary/aromatic N) is 2. The SMILES string of the molecule is CCN(CC(=O)O)C1CC(NC(=O)N2CCCC(OCC3CC3)C2)C1. The van der Waals surface area contributed by atoms with Crippen molar-refractivity contribution in [2.24, 2.45) is 5.92 Å². The summed E-state index contributed by atoms with van der Waals surface area (Å²) in [5.74, 6) is -0.0386. The third-order valence-corrected chi connectivity index (χ3v) is 5.63. The normalized spacial score (nSPS) is 29.4. The van der Waals surface area contributed by atoms with Crippen molar-refractivity contribution < 1.29 is 19.4 Å². The molecule has 0 radical (unpaired) electrons. The molecule has 2 saturated carbocycles. The van der Waals surface area contributed by atoms with Crippen molar-refractivity contribution in [3.63, 3.8) is 0 Å². The molecule has 1 heterocycles. The lowest BCUT2D eigenvalue weighted by Gasteiger charge is -2.43. The van der Waals surface area contributed by atoms with E-state index in [0.29, 0.717) is 6.54 Å². The molecule has 3 rings (SSSR count). The van der Waals surface area contributed by atoms with Gasteiger partial charge in [-0.05, 0) is 51.0 Å². The molecule has 2 aliphatic carbocycles. The number of carboxylic acids is 1. The number of likely N-dealkylation sites (N-methyl/N-ethyl adjacent to an activating group) is 1. The van der Waals surface area contributed by atoms with E-state index in [4.69, 9.17) is 9.84 Å². The van der Waals surface area contributed by atoms with Gasteiger partial charge in [-0.3, -0.25) is 9.69 Å². The van der Waals surface area contributed by atoms with E-state index in [1.165, 1.54) is 12.8 Å². The summed E-state index contributed by atoms with van der Waals surface area (Å²) < 4.78 is 5.95. The monoisotopic (exact) mass is 353 g/mol. The van der Waals surface area contributed by atoms with Gasteiger partial charge in [0.2, 0.25) is 0 Å². The molecule has 0 aromatic carbocycles. The summed E-state index contributed by atoms with van der Waals surface area (Å²) in [5.41, 5.74) is 0. The number of carboxylic acid groups (broad SMARTS) is 1. The molecule has 0 aromatic heterocycles. The van der Waals surface area contributed by atoms with E-state index in [-0.39, 0.29) is 30.8 Å². The lowest BCUT2D eigenvalue weighted by Crippen LogP contribution is -2.58. The first-order valence-corrected chi connectivity index (χ1v) is 9.68. The Bertz CT molecular complexity index is 477. The zero-order chi connectivity index (χ0) is 17.8. The number of hydrogen-bond donors (Lipinski definition) is 2. The summed E-state index contributed by atoms with van der Waals surface area (Å²) in [5, 5.41) is 12.0. The number of carbonyl (C=O) groups excluding carboxylic acids is 1. The molecular weight excluding hydrogens is 322 g/mol. The largest absolute Gasteiger partial charge is 0.480 e. The third-order valence-electron chi connectivity index (χ3n) is 5.63. The van der Waals surface area contributed by atoms with Crippen LogP contribution in [0.25, 0.3) is 0 Å². The van der Waals surface area contributed by atoms with Gasteiger partial charge in [-0.1, -0.05) is 6.92 Å². The molecule has 0 spiro atoms. The summed E-state index contributed by atoms with van der Waals surface area (Å²) in [4.78, 5) is 27.2. The van der Waals surface area contributed by atoms with Crippen molar-refractivity contribution in [3.8, 4) is 0 Å². The molecule has 25 heavy (non-hydrogen) atoms. The van der Waals surface area contributed by atoms with Gasteiger partial charge >= 0.3 is 12.0 Å². The van der Waals surface area contributed by atoms with Gasteiger partial charge in [-0.2, -0.15) is 0 Å². The second-order valence-corrected chi connectivity index (χ2v) is 7.72. The molecule has 2 N–H and O–H groups in total. The zero-order valence-corrected chi connectivity index (χ0v) is 15.2. The van der Waals surface area contributed by atoms with Gasteiger partial charge in [-0.15, -0.1) is 0 Å². The highest BCUT2D eigenvalue weighted by atomic mass is 16.5. The van der Waals surface area contributed by atoms with Crippen LogP contribution in [0.1, 0.15) is 45.4 Å². The van der Waals surface area contributed by atoms with Gasteiger partial charge in [0.25, 0.3) is 0 Å². The fourth-order valence-corrected chi connectivity index (χ4v) is 3.76. The van der Waals surface area contributed by atoms with Crippen molar-refractivity contribution in [2.45, 2.75) is 63.6 Å². The molecule has 7 heteroatoms. The van der Waals surface area contributed by atoms with Crippen molar-refractivity contribution in [1.29, 1.82) is 0 Å². The molecule has 3 fully saturated rings. The Hall–Kier alpha value is -1.34. The Labute approximate surface area is 149 Å². The minimum Gasteiger partial charge on any atom is -0.480 e. The molecule has 0 aromatic rings. The van der Waals surface area contributed by atoms with Crippen LogP contribution in [0.15, 0.2) is 0 Å². The molecule has 7 nitrogen and oxygen atoms in total. The summed E-state index contributed by atoms with van der Waals surface area (Å²) in [7, 11) is 0. The number of urea groups is 1. The number of rotatable bonds is 8. The minimum atomic E-state index is -0.792. The van der Waals surface area contributed by atoms with Crippen LogP contribution in [0, 0.1) is 5.92 Å². The second-order valence-electron chi connectivity index (χ2n) is 7.72. The molecule has 1 atom stereocenters. The van der Waals surface area contributed by atoms with Gasteiger partial charge in [0.05, 0.1) is 12.6 Å². The summed E-state index contributed by atoms with van der Waals surface area (Å²) in [6.45, 7) is 5.11. The Morgan fingerprint density at radius 3 is 2.68 bits per heavy atom. The van der Waals surface area contributed by atoms with E-state index in [1.54, 1.807) is 0 Å². The van der Waals surface area contributed by atoms with Crippen LogP contribution in [0.2, 0.25) is 0 Å². The summed E-state index contributed by atoms with van der Waals surface area (Å²) in [6, 6.07) is 0.430. The van der Waals surface area contributed by atoms with Crippen molar-refractivity contribution in [1.82, 2.24) is 15.1 Å².